The highest BCUT2D eigenvalue weighted by Crippen LogP contribution is 2.45. The van der Waals surface area contributed by atoms with Gasteiger partial charge in [0.2, 0.25) is 0 Å². The number of hydrogen-bond acceptors (Lipinski definition) is 4. The summed E-state index contributed by atoms with van der Waals surface area (Å²) in [6.45, 7) is 0.660. The highest BCUT2D eigenvalue weighted by molar-refractivity contribution is 5.60. The van der Waals surface area contributed by atoms with Gasteiger partial charge < -0.3 is 14.8 Å². The van der Waals surface area contributed by atoms with Crippen molar-refractivity contribution in [3.8, 4) is 17.6 Å². The monoisotopic (exact) mass is 232 g/mol. The molecule has 1 aliphatic rings. The molecule has 0 aliphatic heterocycles. The third-order valence-electron chi connectivity index (χ3n) is 3.11. The molecule has 1 N–H and O–H groups in total. The molecule has 90 valence electrons. The summed E-state index contributed by atoms with van der Waals surface area (Å²) in [6.07, 6.45) is 1.95. The average molecular weight is 232 g/mol. The number of nitrogens with zero attached hydrogens (tertiary/aromatic N) is 1. The summed E-state index contributed by atoms with van der Waals surface area (Å²) in [5.74, 6) is 1.54. The number of anilines is 1. The van der Waals surface area contributed by atoms with Crippen molar-refractivity contribution < 1.29 is 9.47 Å². The smallest absolute Gasteiger partial charge is 0.142 e. The predicted octanol–water partition coefficient (Wildman–Crippen LogP) is 2.42. The van der Waals surface area contributed by atoms with Crippen molar-refractivity contribution in [1.82, 2.24) is 0 Å². The number of nitriles is 1. The van der Waals surface area contributed by atoms with Gasteiger partial charge in [0, 0.05) is 12.6 Å². The van der Waals surface area contributed by atoms with Crippen molar-refractivity contribution in [3.63, 3.8) is 0 Å². The van der Waals surface area contributed by atoms with Crippen LogP contribution in [0, 0.1) is 16.7 Å². The highest BCUT2D eigenvalue weighted by Gasteiger charge is 2.42. The molecule has 1 aliphatic carbocycles. The molecule has 17 heavy (non-hydrogen) atoms. The molecule has 0 unspecified atom stereocenters. The molecule has 0 atom stereocenters. The van der Waals surface area contributed by atoms with E-state index in [0.717, 1.165) is 30.0 Å². The van der Waals surface area contributed by atoms with Crippen LogP contribution >= 0.6 is 0 Å². The quantitative estimate of drug-likeness (QED) is 0.847. The minimum absolute atomic E-state index is 0.173. The van der Waals surface area contributed by atoms with Gasteiger partial charge in [0.05, 0.1) is 31.4 Å². The Morgan fingerprint density at radius 2 is 2.12 bits per heavy atom. The Kier molecular flexibility index (Phi) is 3.10. The van der Waals surface area contributed by atoms with Crippen LogP contribution in [-0.4, -0.2) is 20.8 Å². The molecule has 0 radical (unpaired) electrons. The van der Waals surface area contributed by atoms with Crippen LogP contribution in [0.25, 0.3) is 0 Å². The van der Waals surface area contributed by atoms with E-state index in [9.17, 15) is 0 Å². The van der Waals surface area contributed by atoms with E-state index in [2.05, 4.69) is 11.4 Å². The van der Waals surface area contributed by atoms with Gasteiger partial charge >= 0.3 is 0 Å². The molecule has 1 aromatic carbocycles. The van der Waals surface area contributed by atoms with E-state index in [1.807, 2.05) is 18.2 Å². The summed E-state index contributed by atoms with van der Waals surface area (Å²) in [5.41, 5.74) is 0.696. The van der Waals surface area contributed by atoms with E-state index in [-0.39, 0.29) is 5.41 Å². The summed E-state index contributed by atoms with van der Waals surface area (Å²) in [4.78, 5) is 0. The largest absolute Gasteiger partial charge is 0.497 e. The van der Waals surface area contributed by atoms with Gasteiger partial charge in [0.25, 0.3) is 0 Å². The van der Waals surface area contributed by atoms with Crippen molar-refractivity contribution in [1.29, 1.82) is 5.26 Å². The van der Waals surface area contributed by atoms with Crippen LogP contribution in [-0.2, 0) is 0 Å². The molecule has 0 heterocycles. The molecule has 1 fully saturated rings. The minimum Gasteiger partial charge on any atom is -0.497 e. The Morgan fingerprint density at radius 3 is 2.65 bits per heavy atom. The van der Waals surface area contributed by atoms with E-state index in [1.165, 1.54) is 0 Å². The SMILES string of the molecule is COc1ccc(OC)c(NCC2(C#N)CC2)c1. The zero-order valence-electron chi connectivity index (χ0n) is 10.1. The third-order valence-corrected chi connectivity index (χ3v) is 3.11. The molecule has 0 spiro atoms. The van der Waals surface area contributed by atoms with Crippen LogP contribution in [0.5, 0.6) is 11.5 Å². The zero-order valence-corrected chi connectivity index (χ0v) is 10.1. The normalized spacial score (nSPS) is 15.8. The fraction of sp³-hybridized carbons (Fsp3) is 0.462. The first-order chi connectivity index (χ1) is 8.23. The Labute approximate surface area is 101 Å². The highest BCUT2D eigenvalue weighted by atomic mass is 16.5. The van der Waals surface area contributed by atoms with Crippen LogP contribution in [0.4, 0.5) is 5.69 Å². The molecular weight excluding hydrogens is 216 g/mol. The van der Waals surface area contributed by atoms with Crippen molar-refractivity contribution in [3.05, 3.63) is 18.2 Å². The lowest BCUT2D eigenvalue weighted by atomic mass is 10.1. The molecule has 0 bridgehead atoms. The van der Waals surface area contributed by atoms with Crippen LogP contribution in [0.3, 0.4) is 0 Å². The summed E-state index contributed by atoms with van der Waals surface area (Å²) in [6, 6.07) is 7.94. The molecular formula is C13H16N2O2. The predicted molar refractivity (Wildman–Crippen MR) is 65.3 cm³/mol. The number of hydrogen-bond donors (Lipinski definition) is 1. The Hall–Kier alpha value is -1.89. The second-order valence-electron chi connectivity index (χ2n) is 4.31. The van der Waals surface area contributed by atoms with Gasteiger partial charge in [-0.25, -0.2) is 0 Å². The second kappa shape index (κ2) is 4.54. The Bertz CT molecular complexity index is 447. The van der Waals surface area contributed by atoms with Gasteiger partial charge in [0.15, 0.2) is 0 Å². The summed E-state index contributed by atoms with van der Waals surface area (Å²) >= 11 is 0. The number of ether oxygens (including phenoxy) is 2. The van der Waals surface area contributed by atoms with Gasteiger partial charge in [-0.15, -0.1) is 0 Å². The number of nitrogens with one attached hydrogen (secondary N) is 1. The van der Waals surface area contributed by atoms with Gasteiger partial charge in [-0.05, 0) is 25.0 Å². The van der Waals surface area contributed by atoms with E-state index in [1.54, 1.807) is 14.2 Å². The van der Waals surface area contributed by atoms with Gasteiger partial charge in [-0.1, -0.05) is 0 Å². The molecule has 1 aromatic rings. The molecule has 0 aromatic heterocycles. The number of benzene rings is 1. The summed E-state index contributed by atoms with van der Waals surface area (Å²) < 4.78 is 10.4. The lowest BCUT2D eigenvalue weighted by Gasteiger charge is -2.14. The zero-order chi connectivity index (χ0) is 12.3. The van der Waals surface area contributed by atoms with E-state index in [0.29, 0.717) is 6.54 Å². The summed E-state index contributed by atoms with van der Waals surface area (Å²) in [5, 5.41) is 12.3. The first-order valence-electron chi connectivity index (χ1n) is 5.60. The van der Waals surface area contributed by atoms with E-state index < -0.39 is 0 Å². The van der Waals surface area contributed by atoms with Crippen LogP contribution in [0.15, 0.2) is 18.2 Å². The standard InChI is InChI=1S/C13H16N2O2/c1-16-10-3-4-12(17-2)11(7-10)15-9-13(8-14)5-6-13/h3-4,7,15H,5-6,9H2,1-2H3. The summed E-state index contributed by atoms with van der Waals surface area (Å²) in [7, 11) is 3.26. The maximum absolute atomic E-state index is 9.02. The second-order valence-corrected chi connectivity index (χ2v) is 4.31. The molecule has 4 nitrogen and oxygen atoms in total. The number of methoxy groups -OCH3 is 2. The molecule has 0 saturated heterocycles. The molecule has 4 heteroatoms. The lowest BCUT2D eigenvalue weighted by Crippen LogP contribution is -2.13. The van der Waals surface area contributed by atoms with Crippen molar-refractivity contribution in [2.45, 2.75) is 12.8 Å². The van der Waals surface area contributed by atoms with Crippen molar-refractivity contribution >= 4 is 5.69 Å². The minimum atomic E-state index is -0.173. The van der Waals surface area contributed by atoms with Gasteiger partial charge in [-0.2, -0.15) is 5.26 Å². The lowest BCUT2D eigenvalue weighted by molar-refractivity contribution is 0.404. The van der Waals surface area contributed by atoms with Crippen LogP contribution in [0.2, 0.25) is 0 Å². The third kappa shape index (κ3) is 2.44. The first kappa shape index (κ1) is 11.6. The van der Waals surface area contributed by atoms with Crippen molar-refractivity contribution in [2.75, 3.05) is 26.1 Å². The van der Waals surface area contributed by atoms with E-state index >= 15 is 0 Å². The fourth-order valence-electron chi connectivity index (χ4n) is 1.70. The molecule has 2 rings (SSSR count). The maximum Gasteiger partial charge on any atom is 0.142 e. The first-order valence-corrected chi connectivity index (χ1v) is 5.60. The van der Waals surface area contributed by atoms with Crippen LogP contribution in [0.1, 0.15) is 12.8 Å². The topological polar surface area (TPSA) is 54.3 Å². The van der Waals surface area contributed by atoms with Crippen LogP contribution < -0.4 is 14.8 Å². The fourth-order valence-corrected chi connectivity index (χ4v) is 1.70. The molecule has 0 amide bonds. The van der Waals surface area contributed by atoms with E-state index in [4.69, 9.17) is 14.7 Å². The average Bonchev–Trinajstić information content (AvgIpc) is 3.16. The van der Waals surface area contributed by atoms with Crippen molar-refractivity contribution in [2.24, 2.45) is 5.41 Å². The van der Waals surface area contributed by atoms with Gasteiger partial charge in [0.1, 0.15) is 11.5 Å². The van der Waals surface area contributed by atoms with Gasteiger partial charge in [-0.3, -0.25) is 0 Å². The molecule has 1 saturated carbocycles. The Morgan fingerprint density at radius 1 is 1.35 bits per heavy atom. The number of rotatable bonds is 5. The maximum atomic E-state index is 9.02. The Balaban J connectivity index is 2.10.